The van der Waals surface area contributed by atoms with Crippen LogP contribution in [0.4, 0.5) is 5.82 Å². The Bertz CT molecular complexity index is 696. The first-order valence-electron chi connectivity index (χ1n) is 6.09. The van der Waals surface area contributed by atoms with E-state index in [2.05, 4.69) is 0 Å². The highest BCUT2D eigenvalue weighted by molar-refractivity contribution is 7.71. The maximum absolute atomic E-state index is 12.1. The summed E-state index contributed by atoms with van der Waals surface area (Å²) in [7, 11) is 0. The van der Waals surface area contributed by atoms with Gasteiger partial charge in [0, 0.05) is 5.56 Å². The van der Waals surface area contributed by atoms with E-state index in [0.717, 1.165) is 10.2 Å². The van der Waals surface area contributed by atoms with Gasteiger partial charge in [-0.15, -0.1) is 0 Å². The first-order chi connectivity index (χ1) is 9.56. The summed E-state index contributed by atoms with van der Waals surface area (Å²) < 4.78 is 6.49. The van der Waals surface area contributed by atoms with Gasteiger partial charge in [-0.2, -0.15) is 0 Å². The molecule has 5 nitrogen and oxygen atoms in total. The highest BCUT2D eigenvalue weighted by atomic mass is 32.1. The van der Waals surface area contributed by atoms with Crippen LogP contribution in [-0.4, -0.2) is 17.3 Å². The molecule has 0 aliphatic rings. The molecule has 0 spiro atoms. The van der Waals surface area contributed by atoms with E-state index in [0.29, 0.717) is 10.2 Å². The smallest absolute Gasteiger partial charge is 0.342 e. The van der Waals surface area contributed by atoms with Gasteiger partial charge in [0.15, 0.2) is 0 Å². The summed E-state index contributed by atoms with van der Waals surface area (Å²) in [5, 5.41) is 0. The van der Waals surface area contributed by atoms with Crippen molar-refractivity contribution in [3.8, 4) is 11.1 Å². The summed E-state index contributed by atoms with van der Waals surface area (Å²) >= 11 is 5.14. The van der Waals surface area contributed by atoms with Crippen molar-refractivity contribution in [1.29, 1.82) is 0 Å². The summed E-state index contributed by atoms with van der Waals surface area (Å²) in [6.07, 6.45) is 0. The first-order valence-corrected chi connectivity index (χ1v) is 6.50. The summed E-state index contributed by atoms with van der Waals surface area (Å²) in [6, 6.07) is 11.0. The quantitative estimate of drug-likeness (QED) is 0.515. The zero-order valence-corrected chi connectivity index (χ0v) is 11.8. The van der Waals surface area contributed by atoms with E-state index in [1.807, 2.05) is 30.3 Å². The van der Waals surface area contributed by atoms with E-state index in [1.165, 1.54) is 0 Å². The van der Waals surface area contributed by atoms with Crippen LogP contribution in [0.15, 0.2) is 36.4 Å². The van der Waals surface area contributed by atoms with Gasteiger partial charge in [0.1, 0.15) is 16.0 Å². The molecule has 20 heavy (non-hydrogen) atoms. The first kappa shape index (κ1) is 14.1. The van der Waals surface area contributed by atoms with Crippen molar-refractivity contribution in [2.75, 3.05) is 18.2 Å². The lowest BCUT2D eigenvalue weighted by Crippen LogP contribution is -2.21. The SMILES string of the molecule is CCOC(=O)c1c(-c2ccccc2)cc(=S)n(N)c1N. The number of anilines is 1. The number of carbonyl (C=O) groups is 1. The minimum Gasteiger partial charge on any atom is -0.462 e. The fraction of sp³-hybridized carbons (Fsp3) is 0.143. The number of hydrogen-bond acceptors (Lipinski definition) is 5. The number of ether oxygens (including phenoxy) is 1. The number of aromatic nitrogens is 1. The number of nitrogen functional groups attached to an aromatic ring is 2. The van der Waals surface area contributed by atoms with Crippen molar-refractivity contribution in [2.24, 2.45) is 0 Å². The molecule has 0 atom stereocenters. The van der Waals surface area contributed by atoms with E-state index in [9.17, 15) is 4.79 Å². The average Bonchev–Trinajstić information content (AvgIpc) is 2.45. The molecule has 1 heterocycles. The molecule has 0 amide bonds. The molecule has 104 valence electrons. The number of carbonyl (C=O) groups excluding carboxylic acids is 1. The highest BCUT2D eigenvalue weighted by Crippen LogP contribution is 2.28. The third-order valence-corrected chi connectivity index (χ3v) is 3.17. The predicted octanol–water partition coefficient (Wildman–Crippen LogP) is 2.36. The maximum Gasteiger partial charge on any atom is 0.342 e. The maximum atomic E-state index is 12.1. The molecular weight excluding hydrogens is 274 g/mol. The Morgan fingerprint density at radius 3 is 2.60 bits per heavy atom. The van der Waals surface area contributed by atoms with Gasteiger partial charge in [0.2, 0.25) is 0 Å². The second-order valence-electron chi connectivity index (χ2n) is 4.11. The summed E-state index contributed by atoms with van der Waals surface area (Å²) in [5.41, 5.74) is 7.60. The van der Waals surface area contributed by atoms with Gasteiger partial charge in [-0.05, 0) is 18.6 Å². The molecule has 1 aromatic carbocycles. The second kappa shape index (κ2) is 5.75. The van der Waals surface area contributed by atoms with Gasteiger partial charge in [0.25, 0.3) is 0 Å². The normalized spacial score (nSPS) is 10.2. The molecule has 0 radical (unpaired) electrons. The van der Waals surface area contributed by atoms with E-state index >= 15 is 0 Å². The molecule has 0 unspecified atom stereocenters. The third kappa shape index (κ3) is 2.50. The van der Waals surface area contributed by atoms with Crippen molar-refractivity contribution in [2.45, 2.75) is 6.92 Å². The standard InChI is InChI=1S/C14H15N3O2S/c1-2-19-14(18)12-10(9-6-4-3-5-7-9)8-11(20)17(16)13(12)15/h3-8H,2,15-16H2,1H3. The number of nitrogens with zero attached hydrogens (tertiary/aromatic N) is 1. The van der Waals surface area contributed by atoms with Crippen LogP contribution in [0.3, 0.4) is 0 Å². The minimum atomic E-state index is -0.516. The van der Waals surface area contributed by atoms with Gasteiger partial charge >= 0.3 is 5.97 Å². The zero-order chi connectivity index (χ0) is 14.7. The number of pyridine rings is 1. The molecule has 2 aromatic rings. The predicted molar refractivity (Wildman–Crippen MR) is 81.2 cm³/mol. The molecule has 0 saturated carbocycles. The van der Waals surface area contributed by atoms with Crippen LogP contribution < -0.4 is 11.6 Å². The zero-order valence-electron chi connectivity index (χ0n) is 11.0. The number of nitrogens with two attached hydrogens (primary N) is 2. The molecule has 4 N–H and O–H groups in total. The van der Waals surface area contributed by atoms with Gasteiger partial charge in [-0.25, -0.2) is 9.47 Å². The molecule has 0 aliphatic carbocycles. The fourth-order valence-electron chi connectivity index (χ4n) is 1.91. The molecule has 2 rings (SSSR count). The van der Waals surface area contributed by atoms with Crippen molar-refractivity contribution in [3.05, 3.63) is 46.6 Å². The third-order valence-electron chi connectivity index (χ3n) is 2.85. The molecule has 6 heteroatoms. The summed E-state index contributed by atoms with van der Waals surface area (Å²) in [5.74, 6) is 5.32. The minimum absolute atomic E-state index is 0.0924. The van der Waals surface area contributed by atoms with Crippen molar-refractivity contribution >= 4 is 24.0 Å². The van der Waals surface area contributed by atoms with E-state index in [-0.39, 0.29) is 18.0 Å². The lowest BCUT2D eigenvalue weighted by molar-refractivity contribution is 0.0528. The Balaban J connectivity index is 2.73. The Morgan fingerprint density at radius 1 is 1.35 bits per heavy atom. The van der Waals surface area contributed by atoms with E-state index < -0.39 is 5.97 Å². The largest absolute Gasteiger partial charge is 0.462 e. The van der Waals surface area contributed by atoms with Crippen LogP contribution in [0, 0.1) is 4.64 Å². The Hall–Kier alpha value is -2.34. The van der Waals surface area contributed by atoms with Crippen molar-refractivity contribution < 1.29 is 9.53 Å². The van der Waals surface area contributed by atoms with Crippen LogP contribution in [0.2, 0.25) is 0 Å². The molecular formula is C14H15N3O2S. The Kier molecular flexibility index (Phi) is 4.05. The Labute approximate surface area is 121 Å². The topological polar surface area (TPSA) is 83.3 Å². The van der Waals surface area contributed by atoms with E-state index in [1.54, 1.807) is 13.0 Å². The highest BCUT2D eigenvalue weighted by Gasteiger charge is 2.20. The van der Waals surface area contributed by atoms with Crippen LogP contribution in [0.25, 0.3) is 11.1 Å². The van der Waals surface area contributed by atoms with Crippen LogP contribution in [0.1, 0.15) is 17.3 Å². The summed E-state index contributed by atoms with van der Waals surface area (Å²) in [4.78, 5) is 12.1. The van der Waals surface area contributed by atoms with Crippen LogP contribution in [-0.2, 0) is 4.74 Å². The van der Waals surface area contributed by atoms with Crippen LogP contribution in [0.5, 0.6) is 0 Å². The monoisotopic (exact) mass is 289 g/mol. The lowest BCUT2D eigenvalue weighted by atomic mass is 10.0. The molecule has 0 bridgehead atoms. The molecule has 0 aliphatic heterocycles. The van der Waals surface area contributed by atoms with Crippen LogP contribution >= 0.6 is 12.2 Å². The number of hydrogen-bond donors (Lipinski definition) is 2. The number of esters is 1. The molecule has 0 saturated heterocycles. The number of rotatable bonds is 3. The van der Waals surface area contributed by atoms with Gasteiger partial charge < -0.3 is 16.3 Å². The Morgan fingerprint density at radius 2 is 2.00 bits per heavy atom. The lowest BCUT2D eigenvalue weighted by Gasteiger charge is -2.14. The molecule has 1 aromatic heterocycles. The average molecular weight is 289 g/mol. The van der Waals surface area contributed by atoms with Crippen molar-refractivity contribution in [3.63, 3.8) is 0 Å². The summed E-state index contributed by atoms with van der Waals surface area (Å²) in [6.45, 7) is 1.99. The van der Waals surface area contributed by atoms with Gasteiger partial charge in [0.05, 0.1) is 6.61 Å². The van der Waals surface area contributed by atoms with Crippen molar-refractivity contribution in [1.82, 2.24) is 4.68 Å². The van der Waals surface area contributed by atoms with E-state index in [4.69, 9.17) is 28.5 Å². The fourth-order valence-corrected chi connectivity index (χ4v) is 2.12. The van der Waals surface area contributed by atoms with Gasteiger partial charge in [-0.1, -0.05) is 42.5 Å². The second-order valence-corrected chi connectivity index (χ2v) is 4.53. The molecule has 0 fully saturated rings. The van der Waals surface area contributed by atoms with Gasteiger partial charge in [-0.3, -0.25) is 0 Å². The number of benzene rings is 1.